The van der Waals surface area contributed by atoms with Crippen LogP contribution in [0.1, 0.15) is 26.7 Å². The Morgan fingerprint density at radius 2 is 2.11 bits per heavy atom. The van der Waals surface area contributed by atoms with Crippen LogP contribution in [0.3, 0.4) is 0 Å². The molecule has 19 heavy (non-hydrogen) atoms. The summed E-state index contributed by atoms with van der Waals surface area (Å²) in [5, 5.41) is 3.42. The van der Waals surface area contributed by atoms with E-state index in [4.69, 9.17) is 11.6 Å². The van der Waals surface area contributed by atoms with Gasteiger partial charge in [-0.05, 0) is 26.7 Å². The topological polar surface area (TPSA) is 58.1 Å². The van der Waals surface area contributed by atoms with Gasteiger partial charge in [0.05, 0.1) is 0 Å². The summed E-state index contributed by atoms with van der Waals surface area (Å²) >= 11 is 5.86. The molecule has 0 bridgehead atoms. The van der Waals surface area contributed by atoms with Gasteiger partial charge in [-0.1, -0.05) is 11.6 Å². The number of nitrogens with one attached hydrogen (secondary N) is 1. The second-order valence-electron chi connectivity index (χ2n) is 5.12. The lowest BCUT2D eigenvalue weighted by Crippen LogP contribution is -2.42. The Balaban J connectivity index is 1.90. The Hall–Kier alpha value is -1.36. The van der Waals surface area contributed by atoms with Gasteiger partial charge in [-0.15, -0.1) is 0 Å². The Morgan fingerprint density at radius 3 is 2.68 bits per heavy atom. The van der Waals surface area contributed by atoms with Crippen LogP contribution in [0, 0.1) is 5.92 Å². The van der Waals surface area contributed by atoms with Gasteiger partial charge in [0, 0.05) is 31.1 Å². The molecule has 0 atom stereocenters. The zero-order valence-electron chi connectivity index (χ0n) is 11.3. The molecule has 0 spiro atoms. The van der Waals surface area contributed by atoms with Crippen molar-refractivity contribution in [1.82, 2.24) is 15.3 Å². The quantitative estimate of drug-likeness (QED) is 0.860. The largest absolute Gasteiger partial charge is 0.356 e. The average Bonchev–Trinajstić information content (AvgIpc) is 2.38. The van der Waals surface area contributed by atoms with Crippen molar-refractivity contribution < 1.29 is 4.79 Å². The first-order valence-corrected chi connectivity index (χ1v) is 6.97. The maximum atomic E-state index is 11.9. The van der Waals surface area contributed by atoms with Crippen LogP contribution in [0.25, 0.3) is 0 Å². The predicted molar refractivity (Wildman–Crippen MR) is 75.3 cm³/mol. The minimum Gasteiger partial charge on any atom is -0.356 e. The number of carbonyl (C=O) groups excluding carboxylic acids is 1. The van der Waals surface area contributed by atoms with E-state index in [2.05, 4.69) is 20.2 Å². The minimum absolute atomic E-state index is 0.107. The lowest BCUT2D eigenvalue weighted by Gasteiger charge is -2.32. The summed E-state index contributed by atoms with van der Waals surface area (Å²) in [6.07, 6.45) is 3.16. The number of halogens is 1. The van der Waals surface area contributed by atoms with E-state index in [0.29, 0.717) is 5.15 Å². The smallest absolute Gasteiger partial charge is 0.223 e. The first kappa shape index (κ1) is 14.1. The molecule has 1 aromatic heterocycles. The summed E-state index contributed by atoms with van der Waals surface area (Å²) in [6.45, 7) is 5.61. The molecule has 1 aromatic rings. The van der Waals surface area contributed by atoms with E-state index in [1.165, 1.54) is 6.33 Å². The van der Waals surface area contributed by atoms with Crippen molar-refractivity contribution in [3.05, 3.63) is 17.5 Å². The van der Waals surface area contributed by atoms with Crippen LogP contribution in [0.5, 0.6) is 0 Å². The van der Waals surface area contributed by atoms with E-state index in [0.717, 1.165) is 31.7 Å². The lowest BCUT2D eigenvalue weighted by atomic mass is 9.95. The summed E-state index contributed by atoms with van der Waals surface area (Å²) in [5.74, 6) is 1.11. The molecule has 1 saturated heterocycles. The number of nitrogens with zero attached hydrogens (tertiary/aromatic N) is 3. The maximum absolute atomic E-state index is 11.9. The zero-order chi connectivity index (χ0) is 13.8. The molecular formula is C13H19ClN4O. The minimum atomic E-state index is 0.107. The molecule has 0 radical (unpaired) electrons. The fourth-order valence-corrected chi connectivity index (χ4v) is 2.41. The number of carbonyl (C=O) groups is 1. The Morgan fingerprint density at radius 1 is 1.42 bits per heavy atom. The number of hydrogen-bond donors (Lipinski definition) is 1. The molecule has 104 valence electrons. The van der Waals surface area contributed by atoms with E-state index < -0.39 is 0 Å². The number of amides is 1. The third kappa shape index (κ3) is 3.80. The van der Waals surface area contributed by atoms with E-state index in [1.807, 2.05) is 13.8 Å². The highest BCUT2D eigenvalue weighted by Gasteiger charge is 2.25. The van der Waals surface area contributed by atoms with Crippen LogP contribution in [0.15, 0.2) is 12.4 Å². The Kier molecular flexibility index (Phi) is 4.58. The molecule has 0 unspecified atom stereocenters. The SMILES string of the molecule is CC(C)NC(=O)C1CCN(c2cc(Cl)ncn2)CC1. The molecule has 6 heteroatoms. The number of aromatic nitrogens is 2. The lowest BCUT2D eigenvalue weighted by molar-refractivity contribution is -0.126. The molecule has 0 aromatic carbocycles. The van der Waals surface area contributed by atoms with Gasteiger partial charge in [-0.25, -0.2) is 9.97 Å². The molecule has 1 fully saturated rings. The molecule has 0 saturated carbocycles. The number of rotatable bonds is 3. The zero-order valence-corrected chi connectivity index (χ0v) is 12.0. The van der Waals surface area contributed by atoms with Gasteiger partial charge < -0.3 is 10.2 Å². The van der Waals surface area contributed by atoms with Gasteiger partial charge in [0.1, 0.15) is 17.3 Å². The highest BCUT2D eigenvalue weighted by atomic mass is 35.5. The molecule has 5 nitrogen and oxygen atoms in total. The third-order valence-electron chi connectivity index (χ3n) is 3.24. The second kappa shape index (κ2) is 6.19. The van der Waals surface area contributed by atoms with Gasteiger partial charge in [-0.2, -0.15) is 0 Å². The molecule has 1 aliphatic rings. The highest BCUT2D eigenvalue weighted by molar-refractivity contribution is 6.29. The highest BCUT2D eigenvalue weighted by Crippen LogP contribution is 2.23. The second-order valence-corrected chi connectivity index (χ2v) is 5.51. The summed E-state index contributed by atoms with van der Waals surface area (Å²) in [7, 11) is 0. The molecular weight excluding hydrogens is 264 g/mol. The van der Waals surface area contributed by atoms with Crippen molar-refractivity contribution in [2.24, 2.45) is 5.92 Å². The summed E-state index contributed by atoms with van der Waals surface area (Å²) in [4.78, 5) is 22.2. The Labute approximate surface area is 118 Å². The third-order valence-corrected chi connectivity index (χ3v) is 3.45. The number of anilines is 1. The number of hydrogen-bond acceptors (Lipinski definition) is 4. The van der Waals surface area contributed by atoms with Gasteiger partial charge in [-0.3, -0.25) is 4.79 Å². The van der Waals surface area contributed by atoms with Crippen molar-refractivity contribution >= 4 is 23.3 Å². The summed E-state index contributed by atoms with van der Waals surface area (Å²) < 4.78 is 0. The van der Waals surface area contributed by atoms with Crippen molar-refractivity contribution in [2.75, 3.05) is 18.0 Å². The van der Waals surface area contributed by atoms with Crippen LogP contribution in [-0.2, 0) is 4.79 Å². The molecule has 2 rings (SSSR count). The fraction of sp³-hybridized carbons (Fsp3) is 0.615. The first-order valence-electron chi connectivity index (χ1n) is 6.59. The van der Waals surface area contributed by atoms with Crippen molar-refractivity contribution in [3.8, 4) is 0 Å². The standard InChI is InChI=1S/C13H19ClN4O/c1-9(2)17-13(19)10-3-5-18(6-4-10)12-7-11(14)15-8-16-12/h7-10H,3-6H2,1-2H3,(H,17,19). The predicted octanol–water partition coefficient (Wildman–Crippen LogP) is 1.87. The van der Waals surface area contributed by atoms with Gasteiger partial charge in [0.15, 0.2) is 0 Å². The maximum Gasteiger partial charge on any atom is 0.223 e. The van der Waals surface area contributed by atoms with Gasteiger partial charge in [0.2, 0.25) is 5.91 Å². The normalized spacial score (nSPS) is 16.7. The monoisotopic (exact) mass is 282 g/mol. The fourth-order valence-electron chi connectivity index (χ4n) is 2.27. The van der Waals surface area contributed by atoms with Gasteiger partial charge >= 0.3 is 0 Å². The molecule has 1 amide bonds. The van der Waals surface area contributed by atoms with E-state index in [1.54, 1.807) is 6.07 Å². The summed E-state index contributed by atoms with van der Waals surface area (Å²) in [6, 6.07) is 1.96. The molecule has 1 aliphatic heterocycles. The molecule has 0 aliphatic carbocycles. The van der Waals surface area contributed by atoms with E-state index in [-0.39, 0.29) is 17.9 Å². The Bertz CT molecular complexity index is 444. The van der Waals surface area contributed by atoms with Crippen molar-refractivity contribution in [3.63, 3.8) is 0 Å². The molecule has 2 heterocycles. The summed E-state index contributed by atoms with van der Waals surface area (Å²) in [5.41, 5.74) is 0. The van der Waals surface area contributed by atoms with Crippen molar-refractivity contribution in [1.29, 1.82) is 0 Å². The molecule has 1 N–H and O–H groups in total. The van der Waals surface area contributed by atoms with Crippen LogP contribution < -0.4 is 10.2 Å². The average molecular weight is 283 g/mol. The van der Waals surface area contributed by atoms with Crippen molar-refractivity contribution in [2.45, 2.75) is 32.7 Å². The van der Waals surface area contributed by atoms with E-state index >= 15 is 0 Å². The number of piperidine rings is 1. The van der Waals surface area contributed by atoms with Crippen LogP contribution in [-0.4, -0.2) is 35.0 Å². The van der Waals surface area contributed by atoms with Gasteiger partial charge in [0.25, 0.3) is 0 Å². The van der Waals surface area contributed by atoms with Crippen LogP contribution in [0.2, 0.25) is 5.15 Å². The first-order chi connectivity index (χ1) is 9.06. The van der Waals surface area contributed by atoms with E-state index in [9.17, 15) is 4.79 Å². The van der Waals surface area contributed by atoms with Crippen LogP contribution >= 0.6 is 11.6 Å². The van der Waals surface area contributed by atoms with Crippen LogP contribution in [0.4, 0.5) is 5.82 Å².